The van der Waals surface area contributed by atoms with E-state index in [0.29, 0.717) is 18.1 Å². The maximum atomic E-state index is 11.7. The highest BCUT2D eigenvalue weighted by Gasteiger charge is 2.10. The molecule has 0 aliphatic heterocycles. The van der Waals surface area contributed by atoms with Gasteiger partial charge in [0.25, 0.3) is 5.91 Å². The topological polar surface area (TPSA) is 81.2 Å². The first-order chi connectivity index (χ1) is 8.19. The summed E-state index contributed by atoms with van der Waals surface area (Å²) in [6.45, 7) is 2.21. The molecule has 2 rings (SSSR count). The quantitative estimate of drug-likeness (QED) is 0.842. The third-order valence-electron chi connectivity index (χ3n) is 2.27. The van der Waals surface area contributed by atoms with Gasteiger partial charge in [-0.15, -0.1) is 0 Å². The van der Waals surface area contributed by atoms with E-state index >= 15 is 0 Å². The smallest absolute Gasteiger partial charge is 0.292 e. The monoisotopic (exact) mass is 231 g/mol. The average molecular weight is 231 g/mol. The van der Waals surface area contributed by atoms with E-state index in [1.54, 1.807) is 31.3 Å². The minimum Gasteiger partial charge on any atom is -0.456 e. The van der Waals surface area contributed by atoms with Gasteiger partial charge in [-0.3, -0.25) is 4.79 Å². The van der Waals surface area contributed by atoms with E-state index in [2.05, 4.69) is 10.3 Å². The highest BCUT2D eigenvalue weighted by Crippen LogP contribution is 2.10. The lowest BCUT2D eigenvalue weighted by atomic mass is 10.3. The zero-order chi connectivity index (χ0) is 12.3. The van der Waals surface area contributed by atoms with E-state index in [-0.39, 0.29) is 11.7 Å². The molecule has 2 aromatic heterocycles. The number of aromatic nitrogens is 1. The summed E-state index contributed by atoms with van der Waals surface area (Å²) in [7, 11) is 0. The van der Waals surface area contributed by atoms with Gasteiger partial charge in [-0.25, -0.2) is 4.98 Å². The van der Waals surface area contributed by atoms with Gasteiger partial charge in [0, 0.05) is 12.7 Å². The van der Waals surface area contributed by atoms with E-state index in [1.165, 1.54) is 0 Å². The minimum absolute atomic E-state index is 0.271. The number of nitrogens with zero attached hydrogens (tertiary/aromatic N) is 1. The Labute approximate surface area is 98.6 Å². The van der Waals surface area contributed by atoms with E-state index in [4.69, 9.17) is 10.2 Å². The molecule has 0 saturated carbocycles. The molecule has 0 bridgehead atoms. The molecule has 0 radical (unpaired) electrons. The summed E-state index contributed by atoms with van der Waals surface area (Å²) >= 11 is 0. The molecule has 3 N–H and O–H groups in total. The predicted octanol–water partition coefficient (Wildman–Crippen LogP) is 1.69. The Morgan fingerprint density at radius 2 is 2.24 bits per heavy atom. The molecular formula is C12H13N3O2. The second kappa shape index (κ2) is 4.80. The van der Waals surface area contributed by atoms with Crippen molar-refractivity contribution >= 4 is 11.7 Å². The lowest BCUT2D eigenvalue weighted by Crippen LogP contribution is -2.12. The van der Waals surface area contributed by atoms with E-state index in [0.717, 1.165) is 5.56 Å². The van der Waals surface area contributed by atoms with E-state index in [9.17, 15) is 4.79 Å². The maximum Gasteiger partial charge on any atom is 0.292 e. The summed E-state index contributed by atoms with van der Waals surface area (Å²) < 4.78 is 5.20. The summed E-state index contributed by atoms with van der Waals surface area (Å²) in [5.74, 6) is 1.13. The minimum atomic E-state index is -0.314. The Kier molecular flexibility index (Phi) is 3.20. The van der Waals surface area contributed by atoms with Crippen LogP contribution in [0.25, 0.3) is 0 Å². The van der Waals surface area contributed by atoms with Crippen molar-refractivity contribution in [3.8, 4) is 0 Å². The number of amides is 1. The Balaban J connectivity index is 2.07. The number of pyridine rings is 1. The number of hydrogen-bond donors (Lipinski definition) is 2. The summed E-state index contributed by atoms with van der Waals surface area (Å²) in [5.41, 5.74) is 6.37. The molecule has 5 heteroatoms. The first kappa shape index (κ1) is 11.3. The van der Waals surface area contributed by atoms with Crippen LogP contribution in [0.3, 0.4) is 0 Å². The molecule has 5 nitrogen and oxygen atoms in total. The van der Waals surface area contributed by atoms with Crippen molar-refractivity contribution in [3.05, 3.63) is 47.5 Å². The van der Waals surface area contributed by atoms with Crippen LogP contribution in [0.2, 0.25) is 0 Å². The predicted molar refractivity (Wildman–Crippen MR) is 63.5 cm³/mol. The Morgan fingerprint density at radius 1 is 1.41 bits per heavy atom. The molecular weight excluding hydrogens is 218 g/mol. The van der Waals surface area contributed by atoms with Crippen LogP contribution in [-0.2, 0) is 6.54 Å². The van der Waals surface area contributed by atoms with Crippen LogP contribution in [0.4, 0.5) is 5.82 Å². The lowest BCUT2D eigenvalue weighted by Gasteiger charge is -2.02. The third kappa shape index (κ3) is 2.70. The van der Waals surface area contributed by atoms with Crippen LogP contribution in [0.15, 0.2) is 34.9 Å². The Morgan fingerprint density at radius 3 is 2.76 bits per heavy atom. The molecule has 0 aromatic carbocycles. The second-order valence-corrected chi connectivity index (χ2v) is 3.62. The number of nitrogens with one attached hydrogen (secondary N) is 1. The van der Waals surface area contributed by atoms with Crippen LogP contribution in [0.1, 0.15) is 21.9 Å². The molecule has 0 aliphatic carbocycles. The highest BCUT2D eigenvalue weighted by atomic mass is 16.3. The van der Waals surface area contributed by atoms with E-state index < -0.39 is 0 Å². The average Bonchev–Trinajstić information content (AvgIpc) is 2.77. The maximum absolute atomic E-state index is 11.7. The van der Waals surface area contributed by atoms with Gasteiger partial charge in [0.1, 0.15) is 11.6 Å². The molecule has 0 saturated heterocycles. The molecule has 88 valence electrons. The number of furan rings is 1. The number of anilines is 1. The fourth-order valence-corrected chi connectivity index (χ4v) is 1.35. The molecule has 0 atom stereocenters. The molecule has 0 unspecified atom stereocenters. The van der Waals surface area contributed by atoms with Crippen molar-refractivity contribution in [2.75, 3.05) is 5.32 Å². The molecule has 17 heavy (non-hydrogen) atoms. The van der Waals surface area contributed by atoms with Gasteiger partial charge in [-0.2, -0.15) is 0 Å². The van der Waals surface area contributed by atoms with Crippen LogP contribution < -0.4 is 11.1 Å². The number of carbonyl (C=O) groups is 1. The number of nitrogens with two attached hydrogens (primary N) is 1. The lowest BCUT2D eigenvalue weighted by molar-refractivity contribution is 0.0995. The van der Waals surface area contributed by atoms with Gasteiger partial charge in [0.2, 0.25) is 0 Å². The van der Waals surface area contributed by atoms with Gasteiger partial charge in [-0.1, -0.05) is 6.07 Å². The van der Waals surface area contributed by atoms with Crippen LogP contribution >= 0.6 is 0 Å². The molecule has 1 amide bonds. The zero-order valence-corrected chi connectivity index (χ0v) is 9.43. The first-order valence-electron chi connectivity index (χ1n) is 5.22. The van der Waals surface area contributed by atoms with Gasteiger partial charge in [0.05, 0.1) is 0 Å². The van der Waals surface area contributed by atoms with Crippen molar-refractivity contribution in [1.82, 2.24) is 4.98 Å². The number of carbonyl (C=O) groups excluding carboxylic acids is 1. The van der Waals surface area contributed by atoms with Crippen molar-refractivity contribution < 1.29 is 9.21 Å². The fraction of sp³-hybridized carbons (Fsp3) is 0.167. The molecule has 0 aliphatic rings. The van der Waals surface area contributed by atoms with Crippen LogP contribution in [0, 0.1) is 6.92 Å². The molecule has 2 aromatic rings. The summed E-state index contributed by atoms with van der Waals surface area (Å²) in [4.78, 5) is 15.8. The molecule has 0 spiro atoms. The summed E-state index contributed by atoms with van der Waals surface area (Å²) in [5, 5.41) is 2.64. The van der Waals surface area contributed by atoms with Crippen LogP contribution in [0.5, 0.6) is 0 Å². The zero-order valence-electron chi connectivity index (χ0n) is 9.43. The van der Waals surface area contributed by atoms with Gasteiger partial charge in [-0.05, 0) is 30.7 Å². The number of hydrogen-bond acceptors (Lipinski definition) is 4. The van der Waals surface area contributed by atoms with Crippen LogP contribution in [-0.4, -0.2) is 10.9 Å². The summed E-state index contributed by atoms with van der Waals surface area (Å²) in [6, 6.07) is 6.88. The number of rotatable bonds is 3. The highest BCUT2D eigenvalue weighted by molar-refractivity contribution is 6.01. The second-order valence-electron chi connectivity index (χ2n) is 3.62. The standard InChI is InChI=1S/C12H13N3O2/c1-8-2-4-10(17-8)12(16)15-11-5-3-9(6-13)7-14-11/h2-5,7H,6,13H2,1H3,(H,14,15,16). The van der Waals surface area contributed by atoms with Gasteiger partial charge < -0.3 is 15.5 Å². The number of aryl methyl sites for hydroxylation is 1. The Hall–Kier alpha value is -2.14. The van der Waals surface area contributed by atoms with Crippen molar-refractivity contribution in [3.63, 3.8) is 0 Å². The third-order valence-corrected chi connectivity index (χ3v) is 2.27. The van der Waals surface area contributed by atoms with Gasteiger partial charge in [0.15, 0.2) is 5.76 Å². The normalized spacial score (nSPS) is 10.2. The SMILES string of the molecule is Cc1ccc(C(=O)Nc2ccc(CN)cn2)o1. The fourth-order valence-electron chi connectivity index (χ4n) is 1.35. The van der Waals surface area contributed by atoms with Crippen molar-refractivity contribution in [2.24, 2.45) is 5.73 Å². The summed E-state index contributed by atoms with van der Waals surface area (Å²) in [6.07, 6.45) is 1.63. The van der Waals surface area contributed by atoms with Crippen molar-refractivity contribution in [2.45, 2.75) is 13.5 Å². The van der Waals surface area contributed by atoms with E-state index in [1.807, 2.05) is 6.07 Å². The first-order valence-corrected chi connectivity index (χ1v) is 5.22. The largest absolute Gasteiger partial charge is 0.456 e. The molecule has 0 fully saturated rings. The van der Waals surface area contributed by atoms with Gasteiger partial charge >= 0.3 is 0 Å². The Bertz CT molecular complexity index is 517. The van der Waals surface area contributed by atoms with Crippen molar-refractivity contribution in [1.29, 1.82) is 0 Å². The molecule has 2 heterocycles.